The molecule has 0 heteroatoms. The summed E-state index contributed by atoms with van der Waals surface area (Å²) in [5.74, 6) is 0.618. The number of hydrogen-bond donors (Lipinski definition) is 0. The van der Waals surface area contributed by atoms with Gasteiger partial charge in [0.25, 0.3) is 0 Å². The van der Waals surface area contributed by atoms with Crippen molar-refractivity contribution in [1.82, 2.24) is 0 Å². The standard InChI is InChI=1S/C9H16/c1-5-7-9(4)8(3)6-2/h5,9H,1,3,6-7H2,2,4H3. The van der Waals surface area contributed by atoms with E-state index in [-0.39, 0.29) is 0 Å². The Bertz CT molecular complexity index is 101. The van der Waals surface area contributed by atoms with Gasteiger partial charge in [-0.05, 0) is 18.8 Å². The topological polar surface area (TPSA) is 0 Å². The second-order valence-electron chi connectivity index (χ2n) is 2.44. The van der Waals surface area contributed by atoms with Crippen molar-refractivity contribution in [2.75, 3.05) is 0 Å². The Balaban J connectivity index is 3.58. The highest BCUT2D eigenvalue weighted by atomic mass is 14.1. The molecule has 0 nitrogen and oxygen atoms in total. The molecule has 0 spiro atoms. The molecule has 9 heavy (non-hydrogen) atoms. The lowest BCUT2D eigenvalue weighted by Gasteiger charge is -2.08. The second kappa shape index (κ2) is 4.37. The highest BCUT2D eigenvalue weighted by molar-refractivity contribution is 4.99. The third kappa shape index (κ3) is 3.12. The Hall–Kier alpha value is -0.520. The molecule has 0 rings (SSSR count). The fourth-order valence-electron chi connectivity index (χ4n) is 0.765. The average Bonchev–Trinajstić information content (AvgIpc) is 1.87. The fourth-order valence-corrected chi connectivity index (χ4v) is 0.765. The molecule has 0 amide bonds. The van der Waals surface area contributed by atoms with Crippen LogP contribution in [-0.2, 0) is 0 Å². The van der Waals surface area contributed by atoms with Crippen molar-refractivity contribution in [3.63, 3.8) is 0 Å². The van der Waals surface area contributed by atoms with E-state index in [0.717, 1.165) is 12.8 Å². The van der Waals surface area contributed by atoms with Gasteiger partial charge in [0.1, 0.15) is 0 Å². The molecule has 0 aliphatic rings. The lowest BCUT2D eigenvalue weighted by Crippen LogP contribution is -1.94. The van der Waals surface area contributed by atoms with Crippen LogP contribution in [-0.4, -0.2) is 0 Å². The van der Waals surface area contributed by atoms with Crippen LogP contribution in [0.4, 0.5) is 0 Å². The molecule has 0 N–H and O–H groups in total. The molecule has 1 atom stereocenters. The van der Waals surface area contributed by atoms with E-state index in [9.17, 15) is 0 Å². The summed E-state index contributed by atoms with van der Waals surface area (Å²) in [6.07, 6.45) is 4.10. The smallest absolute Gasteiger partial charge is 0.0200 e. The summed E-state index contributed by atoms with van der Waals surface area (Å²) in [5, 5.41) is 0. The van der Waals surface area contributed by atoms with Gasteiger partial charge < -0.3 is 0 Å². The van der Waals surface area contributed by atoms with Crippen LogP contribution in [0.15, 0.2) is 24.8 Å². The number of allylic oxidation sites excluding steroid dienone is 2. The quantitative estimate of drug-likeness (QED) is 0.505. The minimum Gasteiger partial charge on any atom is -0.103 e. The molecule has 0 saturated carbocycles. The molecule has 0 aromatic heterocycles. The van der Waals surface area contributed by atoms with Crippen molar-refractivity contribution in [2.24, 2.45) is 5.92 Å². The predicted molar refractivity (Wildman–Crippen MR) is 43.4 cm³/mol. The molecule has 0 radical (unpaired) electrons. The maximum Gasteiger partial charge on any atom is -0.0200 e. The molecular formula is C9H16. The van der Waals surface area contributed by atoms with Crippen molar-refractivity contribution in [3.8, 4) is 0 Å². The highest BCUT2D eigenvalue weighted by Crippen LogP contribution is 2.15. The zero-order chi connectivity index (χ0) is 7.28. The molecule has 0 bridgehead atoms. The molecule has 0 aromatic rings. The monoisotopic (exact) mass is 124 g/mol. The molecule has 0 saturated heterocycles. The Labute approximate surface area is 58.3 Å². The minimum absolute atomic E-state index is 0.618. The van der Waals surface area contributed by atoms with Crippen LogP contribution in [0.3, 0.4) is 0 Å². The van der Waals surface area contributed by atoms with Gasteiger partial charge in [-0.2, -0.15) is 0 Å². The lowest BCUT2D eigenvalue weighted by atomic mass is 9.97. The Morgan fingerprint density at radius 3 is 2.56 bits per heavy atom. The largest absolute Gasteiger partial charge is 0.103 e. The molecule has 0 heterocycles. The van der Waals surface area contributed by atoms with Crippen LogP contribution in [0.5, 0.6) is 0 Å². The third-order valence-corrected chi connectivity index (χ3v) is 1.67. The van der Waals surface area contributed by atoms with Crippen molar-refractivity contribution < 1.29 is 0 Å². The van der Waals surface area contributed by atoms with Crippen LogP contribution >= 0.6 is 0 Å². The van der Waals surface area contributed by atoms with Gasteiger partial charge in [0.05, 0.1) is 0 Å². The van der Waals surface area contributed by atoms with Gasteiger partial charge in [0.2, 0.25) is 0 Å². The average molecular weight is 124 g/mol. The van der Waals surface area contributed by atoms with Crippen LogP contribution in [0.25, 0.3) is 0 Å². The molecule has 0 aliphatic heterocycles. The van der Waals surface area contributed by atoms with E-state index in [1.54, 1.807) is 0 Å². The molecule has 1 unspecified atom stereocenters. The van der Waals surface area contributed by atoms with Gasteiger partial charge in [-0.15, -0.1) is 6.58 Å². The molecule has 0 aliphatic carbocycles. The zero-order valence-corrected chi connectivity index (χ0v) is 6.48. The van der Waals surface area contributed by atoms with Gasteiger partial charge in [-0.1, -0.05) is 32.1 Å². The van der Waals surface area contributed by atoms with Crippen LogP contribution in [0.2, 0.25) is 0 Å². The van der Waals surface area contributed by atoms with Crippen LogP contribution in [0.1, 0.15) is 26.7 Å². The first-order valence-corrected chi connectivity index (χ1v) is 3.50. The van der Waals surface area contributed by atoms with Gasteiger partial charge >= 0.3 is 0 Å². The van der Waals surface area contributed by atoms with Gasteiger partial charge in [0, 0.05) is 0 Å². The summed E-state index contributed by atoms with van der Waals surface area (Å²) >= 11 is 0. The molecule has 0 aromatic carbocycles. The summed E-state index contributed by atoms with van der Waals surface area (Å²) in [4.78, 5) is 0. The minimum atomic E-state index is 0.618. The number of rotatable bonds is 4. The fraction of sp³-hybridized carbons (Fsp3) is 0.556. The normalized spacial score (nSPS) is 12.7. The van der Waals surface area contributed by atoms with Gasteiger partial charge in [-0.25, -0.2) is 0 Å². The highest BCUT2D eigenvalue weighted by Gasteiger charge is 2.00. The SMILES string of the molecule is C=CCC(C)C(=C)CC. The van der Waals surface area contributed by atoms with E-state index in [0.29, 0.717) is 5.92 Å². The second-order valence-corrected chi connectivity index (χ2v) is 2.44. The van der Waals surface area contributed by atoms with E-state index in [4.69, 9.17) is 0 Å². The predicted octanol–water partition coefficient (Wildman–Crippen LogP) is 3.16. The third-order valence-electron chi connectivity index (χ3n) is 1.67. The van der Waals surface area contributed by atoms with Crippen molar-refractivity contribution in [3.05, 3.63) is 24.8 Å². The van der Waals surface area contributed by atoms with Crippen molar-refractivity contribution >= 4 is 0 Å². The Morgan fingerprint density at radius 1 is 1.67 bits per heavy atom. The maximum atomic E-state index is 3.94. The van der Waals surface area contributed by atoms with E-state index >= 15 is 0 Å². The van der Waals surface area contributed by atoms with E-state index in [1.807, 2.05) is 6.08 Å². The first kappa shape index (κ1) is 8.48. The van der Waals surface area contributed by atoms with E-state index in [1.165, 1.54) is 5.57 Å². The van der Waals surface area contributed by atoms with Crippen LogP contribution < -0.4 is 0 Å². The maximum absolute atomic E-state index is 3.94. The van der Waals surface area contributed by atoms with E-state index < -0.39 is 0 Å². The first-order valence-electron chi connectivity index (χ1n) is 3.50. The Morgan fingerprint density at radius 2 is 2.22 bits per heavy atom. The summed E-state index contributed by atoms with van der Waals surface area (Å²) in [7, 11) is 0. The van der Waals surface area contributed by atoms with Crippen molar-refractivity contribution in [1.29, 1.82) is 0 Å². The summed E-state index contributed by atoms with van der Waals surface area (Å²) in [5.41, 5.74) is 1.33. The first-order chi connectivity index (χ1) is 4.22. The molecular weight excluding hydrogens is 108 g/mol. The molecule has 0 fully saturated rings. The Kier molecular flexibility index (Phi) is 4.12. The summed E-state index contributed by atoms with van der Waals surface area (Å²) in [6, 6.07) is 0. The van der Waals surface area contributed by atoms with Gasteiger partial charge in [0.15, 0.2) is 0 Å². The van der Waals surface area contributed by atoms with Gasteiger partial charge in [-0.3, -0.25) is 0 Å². The summed E-state index contributed by atoms with van der Waals surface area (Å²) in [6.45, 7) is 11.9. The lowest BCUT2D eigenvalue weighted by molar-refractivity contribution is 0.672. The zero-order valence-electron chi connectivity index (χ0n) is 6.48. The van der Waals surface area contributed by atoms with E-state index in [2.05, 4.69) is 27.0 Å². The van der Waals surface area contributed by atoms with Crippen LogP contribution in [0, 0.1) is 5.92 Å². The van der Waals surface area contributed by atoms with Crippen molar-refractivity contribution in [2.45, 2.75) is 26.7 Å². The number of hydrogen-bond acceptors (Lipinski definition) is 0. The summed E-state index contributed by atoms with van der Waals surface area (Å²) < 4.78 is 0. The molecule has 52 valence electrons.